The molecule has 86 valence electrons. The molecule has 0 bridgehead atoms. The monoisotopic (exact) mass is 244 g/mol. The van der Waals surface area contributed by atoms with Gasteiger partial charge < -0.3 is 15.8 Å². The molecule has 0 aromatic carbocycles. The Kier molecular flexibility index (Phi) is 2.69. The van der Waals surface area contributed by atoms with Gasteiger partial charge in [-0.2, -0.15) is 0 Å². The summed E-state index contributed by atoms with van der Waals surface area (Å²) in [6.45, 7) is 0.555. The fraction of sp³-hybridized carbons (Fsp3) is 0.375. The zero-order chi connectivity index (χ0) is 11.7. The summed E-state index contributed by atoms with van der Waals surface area (Å²) in [7, 11) is 0. The molecule has 3 N–H and O–H groups in total. The molecule has 1 aliphatic rings. The number of carbonyl (C=O) groups is 1. The number of anilines is 1. The molecule has 1 amide bonds. The smallest absolute Gasteiger partial charge is 0.407 e. The lowest BCUT2D eigenvalue weighted by Gasteiger charge is -2.10. The van der Waals surface area contributed by atoms with Gasteiger partial charge in [-0.1, -0.05) is 11.6 Å². The van der Waals surface area contributed by atoms with Crippen LogP contribution in [-0.4, -0.2) is 28.3 Å². The highest BCUT2D eigenvalue weighted by Crippen LogP contribution is 2.09. The Morgan fingerprint density at radius 3 is 3.06 bits per heavy atom. The van der Waals surface area contributed by atoms with Gasteiger partial charge in [-0.05, 0) is 0 Å². The molecule has 0 saturated carbocycles. The number of nitrogens with zero attached hydrogens (tertiary/aromatic N) is 2. The van der Waals surface area contributed by atoms with Crippen LogP contribution in [0.3, 0.4) is 0 Å². The summed E-state index contributed by atoms with van der Waals surface area (Å²) in [5.74, 6) is 0. The first-order chi connectivity index (χ1) is 7.58. The van der Waals surface area contributed by atoms with Crippen molar-refractivity contribution >= 4 is 23.4 Å². The molecule has 2 rings (SSSR count). The van der Waals surface area contributed by atoms with Crippen LogP contribution in [-0.2, 0) is 11.3 Å². The molecular weight excluding hydrogens is 236 g/mol. The molecule has 1 aromatic heterocycles. The van der Waals surface area contributed by atoms with Gasteiger partial charge in [-0.15, -0.1) is 0 Å². The number of cyclic esters (lactones) is 1. The highest BCUT2D eigenvalue weighted by molar-refractivity contribution is 6.31. The highest BCUT2D eigenvalue weighted by atomic mass is 35.5. The van der Waals surface area contributed by atoms with Crippen molar-refractivity contribution in [1.82, 2.24) is 14.9 Å². The van der Waals surface area contributed by atoms with Crippen LogP contribution in [0.15, 0.2) is 11.1 Å². The molecule has 0 aliphatic carbocycles. The van der Waals surface area contributed by atoms with Gasteiger partial charge in [0.05, 0.1) is 19.4 Å². The molecule has 1 atom stereocenters. The molecule has 2 heterocycles. The number of nitrogens with one attached hydrogen (secondary N) is 1. The standard InChI is InChI=1S/C8H9ClN4O3/c9-6-5(10)7(14)13(3-12-6)2-4-1-11-8(15)16-4/h3-4H,1-2,10H2,(H,11,15). The van der Waals surface area contributed by atoms with E-state index in [2.05, 4.69) is 10.3 Å². The SMILES string of the molecule is Nc1c(Cl)ncn(CC2CNC(=O)O2)c1=O. The number of halogens is 1. The maximum atomic E-state index is 11.6. The largest absolute Gasteiger partial charge is 0.442 e. The number of nitrogen functional groups attached to an aromatic ring is 1. The van der Waals surface area contributed by atoms with E-state index in [9.17, 15) is 9.59 Å². The first-order valence-corrected chi connectivity index (χ1v) is 4.90. The van der Waals surface area contributed by atoms with E-state index < -0.39 is 17.8 Å². The lowest BCUT2D eigenvalue weighted by Crippen LogP contribution is -2.30. The van der Waals surface area contributed by atoms with Crippen LogP contribution in [0.2, 0.25) is 5.15 Å². The van der Waals surface area contributed by atoms with Crippen LogP contribution in [0.4, 0.5) is 10.5 Å². The molecular formula is C8H9ClN4O3. The van der Waals surface area contributed by atoms with E-state index in [4.69, 9.17) is 22.1 Å². The number of carbonyl (C=O) groups excluding carboxylic acids is 1. The Bertz CT molecular complexity index is 487. The van der Waals surface area contributed by atoms with Crippen LogP contribution >= 0.6 is 11.6 Å². The van der Waals surface area contributed by atoms with Crippen molar-refractivity contribution in [3.05, 3.63) is 21.8 Å². The van der Waals surface area contributed by atoms with Crippen molar-refractivity contribution in [2.75, 3.05) is 12.3 Å². The van der Waals surface area contributed by atoms with Crippen LogP contribution in [0, 0.1) is 0 Å². The number of rotatable bonds is 2. The van der Waals surface area contributed by atoms with Gasteiger partial charge in [-0.3, -0.25) is 9.36 Å². The van der Waals surface area contributed by atoms with Gasteiger partial charge in [0.2, 0.25) is 0 Å². The second kappa shape index (κ2) is 4.01. The van der Waals surface area contributed by atoms with Crippen molar-refractivity contribution in [1.29, 1.82) is 0 Å². The maximum Gasteiger partial charge on any atom is 0.407 e. The van der Waals surface area contributed by atoms with E-state index in [0.717, 1.165) is 0 Å². The Balaban J connectivity index is 2.19. The number of alkyl carbamates (subject to hydrolysis) is 1. The minimum absolute atomic E-state index is 0.0252. The normalized spacial score (nSPS) is 19.3. The second-order valence-electron chi connectivity index (χ2n) is 3.31. The fourth-order valence-electron chi connectivity index (χ4n) is 1.37. The number of hydrogen-bond acceptors (Lipinski definition) is 5. The lowest BCUT2D eigenvalue weighted by atomic mass is 10.3. The molecule has 1 unspecified atom stereocenters. The summed E-state index contributed by atoms with van der Waals surface area (Å²) < 4.78 is 6.14. The lowest BCUT2D eigenvalue weighted by molar-refractivity contribution is 0.130. The Labute approximate surface area is 95.2 Å². The van der Waals surface area contributed by atoms with Gasteiger partial charge in [0.1, 0.15) is 11.8 Å². The van der Waals surface area contributed by atoms with E-state index >= 15 is 0 Å². The van der Waals surface area contributed by atoms with Crippen LogP contribution in [0.5, 0.6) is 0 Å². The van der Waals surface area contributed by atoms with Crippen LogP contribution in [0.25, 0.3) is 0 Å². The van der Waals surface area contributed by atoms with Gasteiger partial charge in [-0.25, -0.2) is 9.78 Å². The van der Waals surface area contributed by atoms with Crippen molar-refractivity contribution in [2.24, 2.45) is 0 Å². The second-order valence-corrected chi connectivity index (χ2v) is 3.67. The molecule has 8 heteroatoms. The van der Waals surface area contributed by atoms with Gasteiger partial charge in [0, 0.05) is 0 Å². The molecule has 1 aliphatic heterocycles. The number of nitrogens with two attached hydrogens (primary N) is 1. The van der Waals surface area contributed by atoms with Crippen molar-refractivity contribution in [3.63, 3.8) is 0 Å². The van der Waals surface area contributed by atoms with Gasteiger partial charge in [0.25, 0.3) is 5.56 Å². The molecule has 0 spiro atoms. The summed E-state index contributed by atoms with van der Waals surface area (Å²) >= 11 is 5.58. The Hall–Kier alpha value is -1.76. The molecule has 1 saturated heterocycles. The number of ether oxygens (including phenoxy) is 1. The van der Waals surface area contributed by atoms with E-state index in [0.29, 0.717) is 6.54 Å². The average molecular weight is 245 g/mol. The third-order valence-corrected chi connectivity index (χ3v) is 2.47. The molecule has 16 heavy (non-hydrogen) atoms. The molecule has 1 fully saturated rings. The van der Waals surface area contributed by atoms with Crippen molar-refractivity contribution in [2.45, 2.75) is 12.6 Å². The quantitative estimate of drug-likeness (QED) is 0.689. The van der Waals surface area contributed by atoms with Crippen molar-refractivity contribution in [3.8, 4) is 0 Å². The topological polar surface area (TPSA) is 99.2 Å². The molecule has 7 nitrogen and oxygen atoms in total. The van der Waals surface area contributed by atoms with Crippen molar-refractivity contribution < 1.29 is 9.53 Å². The van der Waals surface area contributed by atoms with Gasteiger partial charge in [0.15, 0.2) is 5.15 Å². The summed E-state index contributed by atoms with van der Waals surface area (Å²) in [4.78, 5) is 26.1. The third kappa shape index (κ3) is 1.94. The van der Waals surface area contributed by atoms with E-state index in [1.165, 1.54) is 10.9 Å². The summed E-state index contributed by atoms with van der Waals surface area (Å²) in [5, 5.41) is 2.46. The van der Waals surface area contributed by atoms with Gasteiger partial charge >= 0.3 is 6.09 Å². The summed E-state index contributed by atoms with van der Waals surface area (Å²) in [6, 6.07) is 0. The minimum Gasteiger partial charge on any atom is -0.442 e. The number of hydrogen-bond donors (Lipinski definition) is 2. The van der Waals surface area contributed by atoms with Crippen LogP contribution in [0.1, 0.15) is 0 Å². The Morgan fingerprint density at radius 2 is 2.44 bits per heavy atom. The number of aromatic nitrogens is 2. The molecule has 1 aromatic rings. The predicted molar refractivity (Wildman–Crippen MR) is 56.2 cm³/mol. The summed E-state index contributed by atoms with van der Waals surface area (Å²) in [5.41, 5.74) is 4.88. The average Bonchev–Trinajstić information content (AvgIpc) is 2.65. The molecule has 0 radical (unpaired) electrons. The minimum atomic E-state index is -0.493. The maximum absolute atomic E-state index is 11.6. The predicted octanol–water partition coefficient (Wildman–Crippen LogP) is -0.413. The third-order valence-electron chi connectivity index (χ3n) is 2.17. The van der Waals surface area contributed by atoms with E-state index in [-0.39, 0.29) is 17.4 Å². The zero-order valence-electron chi connectivity index (χ0n) is 8.14. The summed E-state index contributed by atoms with van der Waals surface area (Å²) in [6.07, 6.45) is 0.383. The number of amides is 1. The Morgan fingerprint density at radius 1 is 1.69 bits per heavy atom. The first kappa shape index (κ1) is 10.7. The highest BCUT2D eigenvalue weighted by Gasteiger charge is 2.23. The fourth-order valence-corrected chi connectivity index (χ4v) is 1.49. The van der Waals surface area contributed by atoms with Crippen LogP contribution < -0.4 is 16.6 Å². The first-order valence-electron chi connectivity index (χ1n) is 4.53. The van der Waals surface area contributed by atoms with E-state index in [1.807, 2.05) is 0 Å². The zero-order valence-corrected chi connectivity index (χ0v) is 8.90. The van der Waals surface area contributed by atoms with E-state index in [1.54, 1.807) is 0 Å².